The van der Waals surface area contributed by atoms with Gasteiger partial charge in [-0.25, -0.2) is 0 Å². The first kappa shape index (κ1) is 19.6. The summed E-state index contributed by atoms with van der Waals surface area (Å²) in [7, 11) is -0.320. The fourth-order valence-electron chi connectivity index (χ4n) is 3.78. The van der Waals surface area contributed by atoms with E-state index in [9.17, 15) is 0 Å². The Hall–Kier alpha value is -2.40. The number of fused-ring (bicyclic) bond motifs is 1. The van der Waals surface area contributed by atoms with Gasteiger partial charge in [0, 0.05) is 9.58 Å². The molecule has 0 bridgehead atoms. The minimum absolute atomic E-state index is 0.320. The van der Waals surface area contributed by atoms with Gasteiger partial charge in [-0.15, -0.1) is 11.3 Å². The minimum Gasteiger partial charge on any atom is -0.399 e. The van der Waals surface area contributed by atoms with Crippen molar-refractivity contribution < 1.29 is 9.31 Å². The van der Waals surface area contributed by atoms with Crippen molar-refractivity contribution in [3.8, 4) is 21.6 Å². The molecule has 0 unspecified atom stereocenters. The van der Waals surface area contributed by atoms with E-state index in [-0.39, 0.29) is 18.3 Å². The average molecular weight is 412 g/mol. The maximum atomic E-state index is 6.18. The third kappa shape index (κ3) is 3.39. The lowest BCUT2D eigenvalue weighted by molar-refractivity contribution is 0.00578. The summed E-state index contributed by atoms with van der Waals surface area (Å²) < 4.78 is 13.7. The highest BCUT2D eigenvalue weighted by molar-refractivity contribution is 7.22. The van der Waals surface area contributed by atoms with E-state index < -0.39 is 0 Å². The van der Waals surface area contributed by atoms with Gasteiger partial charge in [0.05, 0.1) is 11.2 Å². The molecule has 2 nitrogen and oxygen atoms in total. The highest BCUT2D eigenvalue weighted by Gasteiger charge is 2.51. The van der Waals surface area contributed by atoms with Gasteiger partial charge in [-0.1, -0.05) is 60.7 Å². The van der Waals surface area contributed by atoms with Crippen LogP contribution in [-0.4, -0.2) is 18.3 Å². The Labute approximate surface area is 182 Å². The fourth-order valence-corrected chi connectivity index (χ4v) is 4.83. The van der Waals surface area contributed by atoms with Gasteiger partial charge < -0.3 is 9.31 Å². The van der Waals surface area contributed by atoms with Crippen LogP contribution in [-0.2, 0) is 9.31 Å². The Morgan fingerprint density at radius 3 is 1.97 bits per heavy atom. The molecule has 0 aliphatic carbocycles. The number of thiophene rings is 1. The molecule has 0 atom stereocenters. The molecule has 5 rings (SSSR count). The first-order chi connectivity index (χ1) is 14.3. The van der Waals surface area contributed by atoms with Crippen LogP contribution in [0.2, 0.25) is 0 Å². The zero-order valence-electron chi connectivity index (χ0n) is 17.8. The highest BCUT2D eigenvalue weighted by Crippen LogP contribution is 2.38. The molecule has 0 N–H and O–H groups in total. The molecule has 150 valence electrons. The molecule has 4 aromatic rings. The highest BCUT2D eigenvalue weighted by atomic mass is 32.1. The molecule has 1 aliphatic heterocycles. The summed E-state index contributed by atoms with van der Waals surface area (Å²) in [6.07, 6.45) is 0. The summed E-state index contributed by atoms with van der Waals surface area (Å²) in [6.45, 7) is 8.34. The third-order valence-corrected chi connectivity index (χ3v) is 7.51. The standard InChI is InChI=1S/C26H25BO2S/c1-25(2)26(3,4)29-27(28-25)22-13-10-19(11-14-22)24-17-21-16-20(12-15-23(21)30-24)18-8-6-5-7-9-18/h5-17H,1-4H3. The SMILES string of the molecule is CC1(C)OB(c2ccc(-c3cc4cc(-c5ccccc5)ccc4s3)cc2)OC1(C)C. The number of rotatable bonds is 3. The van der Waals surface area contributed by atoms with Crippen LogP contribution < -0.4 is 5.46 Å². The molecule has 0 amide bonds. The molecule has 30 heavy (non-hydrogen) atoms. The molecule has 2 heterocycles. The predicted molar refractivity (Wildman–Crippen MR) is 128 cm³/mol. The van der Waals surface area contributed by atoms with Crippen LogP contribution in [0.3, 0.4) is 0 Å². The van der Waals surface area contributed by atoms with Crippen molar-refractivity contribution in [3.63, 3.8) is 0 Å². The summed E-state index contributed by atoms with van der Waals surface area (Å²) in [6, 6.07) is 28.1. The van der Waals surface area contributed by atoms with Gasteiger partial charge in [0.1, 0.15) is 0 Å². The van der Waals surface area contributed by atoms with E-state index in [0.29, 0.717) is 0 Å². The minimum atomic E-state index is -0.321. The van der Waals surface area contributed by atoms with Crippen molar-refractivity contribution in [3.05, 3.63) is 78.9 Å². The van der Waals surface area contributed by atoms with Gasteiger partial charge in [-0.05, 0) is 73.4 Å². The average Bonchev–Trinajstić information content (AvgIpc) is 3.26. The fraction of sp³-hybridized carbons (Fsp3) is 0.231. The van der Waals surface area contributed by atoms with Crippen LogP contribution in [0.4, 0.5) is 0 Å². The van der Waals surface area contributed by atoms with E-state index in [2.05, 4.69) is 107 Å². The lowest BCUT2D eigenvalue weighted by Gasteiger charge is -2.32. The Morgan fingerprint density at radius 2 is 1.30 bits per heavy atom. The topological polar surface area (TPSA) is 18.5 Å². The van der Waals surface area contributed by atoms with Crippen LogP contribution in [0.5, 0.6) is 0 Å². The second-order valence-corrected chi connectivity index (χ2v) is 10.0. The predicted octanol–water partition coefficient (Wildman–Crippen LogP) is 6.53. The van der Waals surface area contributed by atoms with Gasteiger partial charge in [-0.2, -0.15) is 0 Å². The Morgan fingerprint density at radius 1 is 0.667 bits per heavy atom. The van der Waals surface area contributed by atoms with Crippen molar-refractivity contribution in [1.82, 2.24) is 0 Å². The lowest BCUT2D eigenvalue weighted by atomic mass is 9.79. The van der Waals surface area contributed by atoms with Crippen LogP contribution in [0.15, 0.2) is 78.9 Å². The normalized spacial score (nSPS) is 17.5. The van der Waals surface area contributed by atoms with Crippen molar-refractivity contribution in [1.29, 1.82) is 0 Å². The van der Waals surface area contributed by atoms with E-state index in [1.165, 1.54) is 31.7 Å². The van der Waals surface area contributed by atoms with Crippen LogP contribution >= 0.6 is 11.3 Å². The third-order valence-electron chi connectivity index (χ3n) is 6.34. The molecule has 0 spiro atoms. The summed E-state index contributed by atoms with van der Waals surface area (Å²) in [5.41, 5.74) is 4.14. The molecule has 1 aromatic heterocycles. The first-order valence-electron chi connectivity index (χ1n) is 10.4. The number of benzene rings is 3. The summed E-state index contributed by atoms with van der Waals surface area (Å²) >= 11 is 1.83. The van der Waals surface area contributed by atoms with E-state index in [4.69, 9.17) is 9.31 Å². The maximum Gasteiger partial charge on any atom is 0.494 e. The van der Waals surface area contributed by atoms with Gasteiger partial charge in [0.15, 0.2) is 0 Å². The summed E-state index contributed by atoms with van der Waals surface area (Å²) in [4.78, 5) is 1.27. The van der Waals surface area contributed by atoms with E-state index in [0.717, 1.165) is 5.46 Å². The quantitative estimate of drug-likeness (QED) is 0.356. The molecular weight excluding hydrogens is 387 g/mol. The van der Waals surface area contributed by atoms with Crippen molar-refractivity contribution >= 4 is 34.0 Å². The lowest BCUT2D eigenvalue weighted by Crippen LogP contribution is -2.41. The van der Waals surface area contributed by atoms with E-state index in [1.54, 1.807) is 0 Å². The summed E-state index contributed by atoms with van der Waals surface area (Å²) in [5.74, 6) is 0. The van der Waals surface area contributed by atoms with Crippen LogP contribution in [0.25, 0.3) is 31.7 Å². The molecule has 0 radical (unpaired) electrons. The van der Waals surface area contributed by atoms with Crippen molar-refractivity contribution in [2.45, 2.75) is 38.9 Å². The molecule has 0 saturated carbocycles. The smallest absolute Gasteiger partial charge is 0.399 e. The summed E-state index contributed by atoms with van der Waals surface area (Å²) in [5, 5.41) is 1.28. The van der Waals surface area contributed by atoms with Gasteiger partial charge in [0.25, 0.3) is 0 Å². The zero-order chi connectivity index (χ0) is 20.9. The van der Waals surface area contributed by atoms with Crippen LogP contribution in [0.1, 0.15) is 27.7 Å². The second kappa shape index (κ2) is 7.09. The molecule has 1 saturated heterocycles. The Kier molecular flexibility index (Phi) is 4.62. The number of hydrogen-bond acceptors (Lipinski definition) is 3. The number of hydrogen-bond donors (Lipinski definition) is 0. The Balaban J connectivity index is 1.42. The zero-order valence-corrected chi connectivity index (χ0v) is 18.6. The molecule has 3 aromatic carbocycles. The molecule has 4 heteroatoms. The largest absolute Gasteiger partial charge is 0.494 e. The first-order valence-corrected chi connectivity index (χ1v) is 11.2. The Bertz CT molecular complexity index is 1180. The van der Waals surface area contributed by atoms with Gasteiger partial charge >= 0.3 is 7.12 Å². The van der Waals surface area contributed by atoms with Gasteiger partial charge in [0.2, 0.25) is 0 Å². The van der Waals surface area contributed by atoms with E-state index >= 15 is 0 Å². The van der Waals surface area contributed by atoms with Crippen molar-refractivity contribution in [2.24, 2.45) is 0 Å². The molecular formula is C26H25BO2S. The molecule has 1 aliphatic rings. The van der Waals surface area contributed by atoms with Crippen LogP contribution in [0, 0.1) is 0 Å². The second-order valence-electron chi connectivity index (χ2n) is 8.94. The monoisotopic (exact) mass is 412 g/mol. The molecule has 1 fully saturated rings. The van der Waals surface area contributed by atoms with Gasteiger partial charge in [-0.3, -0.25) is 0 Å². The van der Waals surface area contributed by atoms with E-state index in [1.807, 2.05) is 11.3 Å². The maximum absolute atomic E-state index is 6.18. The van der Waals surface area contributed by atoms with Crippen molar-refractivity contribution in [2.75, 3.05) is 0 Å².